The van der Waals surface area contributed by atoms with Gasteiger partial charge in [0.25, 0.3) is 0 Å². The summed E-state index contributed by atoms with van der Waals surface area (Å²) in [4.78, 5) is 225. The molecule has 36 heteroatoms. The van der Waals surface area contributed by atoms with E-state index in [0.717, 1.165) is 77.0 Å². The van der Waals surface area contributed by atoms with E-state index in [0.29, 0.717) is 77.0 Å². The molecule has 6 saturated heterocycles. The van der Waals surface area contributed by atoms with Crippen LogP contribution in [0.25, 0.3) is 0 Å². The molecule has 36 unspecified atom stereocenters. The third-order valence-corrected chi connectivity index (χ3v) is 39.3. The van der Waals surface area contributed by atoms with Gasteiger partial charge in [0.2, 0.25) is 0 Å². The second-order valence-electron chi connectivity index (χ2n) is 51.7. The summed E-state index contributed by atoms with van der Waals surface area (Å²) in [5.74, 6) is -13.2. The van der Waals surface area contributed by atoms with E-state index in [1.54, 1.807) is 27.7 Å². The van der Waals surface area contributed by atoms with Crippen LogP contribution >= 0.6 is 0 Å². The van der Waals surface area contributed by atoms with Crippen LogP contribution in [-0.2, 0) is 172 Å². The van der Waals surface area contributed by atoms with Gasteiger partial charge in [-0.15, -0.1) is 0 Å². The maximum Gasteiger partial charge on any atom is 0.311 e. The van der Waals surface area contributed by atoms with Crippen molar-refractivity contribution >= 4 is 107 Å². The van der Waals surface area contributed by atoms with E-state index in [1.165, 1.54) is 13.5 Å². The first kappa shape index (κ1) is 113. The van der Waals surface area contributed by atoms with Crippen LogP contribution in [0.4, 0.5) is 0 Å². The molecule has 6 heterocycles. The number of esters is 18. The molecule has 6 aliphatic heterocycles. The van der Waals surface area contributed by atoms with E-state index in [-0.39, 0.29) is 185 Å². The summed E-state index contributed by atoms with van der Waals surface area (Å²) in [5.41, 5.74) is -4.64. The number of hydrogen-bond donors (Lipinski definition) is 0. The zero-order valence-electron chi connectivity index (χ0n) is 92.0. The van der Waals surface area contributed by atoms with Gasteiger partial charge in [-0.2, -0.15) is 0 Å². The van der Waals surface area contributed by atoms with Gasteiger partial charge in [-0.3, -0.25) is 86.3 Å². The molecule has 0 radical (unpaired) electrons. The Labute approximate surface area is 879 Å². The molecular formula is C114H162O36. The van der Waals surface area contributed by atoms with Gasteiger partial charge in [0.05, 0.1) is 117 Å². The molecule has 21 rings (SSSR count). The number of rotatable bonds is 28. The molecule has 21 fully saturated rings. The van der Waals surface area contributed by atoms with Gasteiger partial charge < -0.3 is 85.3 Å². The molecule has 150 heavy (non-hydrogen) atoms. The molecule has 0 aromatic heterocycles. The van der Waals surface area contributed by atoms with Crippen LogP contribution < -0.4 is 0 Å². The Bertz CT molecular complexity index is 5200. The summed E-state index contributed by atoms with van der Waals surface area (Å²) >= 11 is 0. The Kier molecular flexibility index (Phi) is 32.1. The van der Waals surface area contributed by atoms with Gasteiger partial charge in [0.15, 0.2) is 0 Å². The number of fused-ring (bicyclic) bond motifs is 6. The second-order valence-corrected chi connectivity index (χ2v) is 51.7. The Balaban J connectivity index is 0.000000128. The molecule has 0 N–H and O–H groups in total. The van der Waals surface area contributed by atoms with Crippen molar-refractivity contribution in [1.29, 1.82) is 0 Å². The second kappa shape index (κ2) is 42.6. The normalized spacial score (nSPS) is 38.0. The first-order valence-electron chi connectivity index (χ1n) is 56.0. The Hall–Kier alpha value is -9.54. The fourth-order valence-corrected chi connectivity index (χ4v) is 28.3. The van der Waals surface area contributed by atoms with Gasteiger partial charge in [-0.05, 0) is 272 Å². The molecule has 15 saturated carbocycles. The van der Waals surface area contributed by atoms with Crippen LogP contribution in [0.15, 0.2) is 0 Å². The smallest absolute Gasteiger partial charge is 0.311 e. The lowest BCUT2D eigenvalue weighted by Gasteiger charge is -2.34. The van der Waals surface area contributed by atoms with E-state index in [1.807, 2.05) is 132 Å². The third kappa shape index (κ3) is 20.7. The summed E-state index contributed by atoms with van der Waals surface area (Å²) in [5, 5.41) is 0. The van der Waals surface area contributed by atoms with Gasteiger partial charge in [0, 0.05) is 71.0 Å². The molecule has 12 bridgehead atoms. The van der Waals surface area contributed by atoms with Gasteiger partial charge in [0.1, 0.15) is 96.7 Å². The SMILES string of the molecule is CCC(C)(C)C(=O)OC1C2CC3C1OC(=O)C3C2C(=O)OC.CCC(C)(C)C(=O)OC1C2CC3C1OC(=O)C3C2C(=O)OC(C)(C)C.CCC(C)(C)C(=O)OC1C2CC3C1OC(=O)C3C2C(=O)OC1(C)CCCC1.CCC(C)(C)C(=O)OC1C2CC3C1OC(=O)C3C2C(=O)OC1CCCC1.CCC(C)(C)C(=O)OC1C2CC3C1OC(=O)C3C2C(=O)OC1CCCCC1.CCOC(=O)C1C2CC3C(OC(=O)C31)C2OC(=O)C(C)(C)CC. The Morgan fingerprint density at radius 3 is 0.707 bits per heavy atom. The van der Waals surface area contributed by atoms with Gasteiger partial charge in [-0.25, -0.2) is 0 Å². The summed E-state index contributed by atoms with van der Waals surface area (Å²) < 4.78 is 100. The minimum absolute atomic E-state index is 0.0313. The highest BCUT2D eigenvalue weighted by Gasteiger charge is 2.77. The van der Waals surface area contributed by atoms with Crippen LogP contribution in [0.5, 0.6) is 0 Å². The van der Waals surface area contributed by atoms with Crippen LogP contribution in [-0.4, -0.2) is 218 Å². The average Bonchev–Trinajstić information content (AvgIpc) is 1.51. The highest BCUT2D eigenvalue weighted by atomic mass is 16.7. The molecule has 36 atom stereocenters. The first-order chi connectivity index (χ1) is 70.4. The lowest BCUT2D eigenvalue weighted by Crippen LogP contribution is -2.46. The largest absolute Gasteiger partial charge is 0.469 e. The fraction of sp³-hybridized carbons (Fsp3) is 0.842. The zero-order valence-corrected chi connectivity index (χ0v) is 92.0. The van der Waals surface area contributed by atoms with E-state index in [2.05, 4.69) is 0 Å². The molecule has 0 spiro atoms. The monoisotopic (exact) mass is 2110 g/mol. The predicted molar refractivity (Wildman–Crippen MR) is 523 cm³/mol. The third-order valence-electron chi connectivity index (χ3n) is 39.3. The summed E-state index contributed by atoms with van der Waals surface area (Å²) in [6, 6.07) is 0. The molecule has 0 aromatic carbocycles. The maximum absolute atomic E-state index is 13.0. The predicted octanol–water partition coefficient (Wildman–Crippen LogP) is 14.2. The van der Waals surface area contributed by atoms with Crippen LogP contribution in [0.2, 0.25) is 0 Å². The van der Waals surface area contributed by atoms with Crippen molar-refractivity contribution in [1.82, 2.24) is 0 Å². The number of methoxy groups -OCH3 is 1. The number of hydrogen-bond acceptors (Lipinski definition) is 36. The van der Waals surface area contributed by atoms with Crippen molar-refractivity contribution in [3.8, 4) is 0 Å². The summed E-state index contributed by atoms with van der Waals surface area (Å²) in [7, 11) is 1.31. The fourth-order valence-electron chi connectivity index (χ4n) is 28.3. The minimum atomic E-state index is -0.628. The van der Waals surface area contributed by atoms with Crippen molar-refractivity contribution in [2.24, 2.45) is 175 Å². The maximum atomic E-state index is 13.0. The van der Waals surface area contributed by atoms with E-state index in [9.17, 15) is 86.3 Å². The van der Waals surface area contributed by atoms with Gasteiger partial charge in [-0.1, -0.05) is 48.0 Å². The van der Waals surface area contributed by atoms with Gasteiger partial charge >= 0.3 is 107 Å². The van der Waals surface area contributed by atoms with E-state index in [4.69, 9.17) is 85.3 Å². The van der Waals surface area contributed by atoms with E-state index >= 15 is 0 Å². The van der Waals surface area contributed by atoms with Crippen LogP contribution in [0, 0.1) is 175 Å². The lowest BCUT2D eigenvalue weighted by molar-refractivity contribution is -0.177. The summed E-state index contributed by atoms with van der Waals surface area (Å²) in [6.45, 7) is 43.0. The van der Waals surface area contributed by atoms with Crippen molar-refractivity contribution in [3.63, 3.8) is 0 Å². The number of carbonyl (C=O) groups is 18. The molecule has 0 amide bonds. The highest BCUT2D eigenvalue weighted by Crippen LogP contribution is 2.67. The molecule has 36 nitrogen and oxygen atoms in total. The van der Waals surface area contributed by atoms with Crippen molar-refractivity contribution in [2.45, 2.75) is 416 Å². The lowest BCUT2D eigenvalue weighted by atomic mass is 9.78. The topological polar surface area (TPSA) is 473 Å². The average molecular weight is 2110 g/mol. The summed E-state index contributed by atoms with van der Waals surface area (Å²) in [6.07, 6.45) is 15.2. The Morgan fingerprint density at radius 1 is 0.273 bits per heavy atom. The molecule has 15 aliphatic carbocycles. The zero-order chi connectivity index (χ0) is 109. The van der Waals surface area contributed by atoms with Crippen molar-refractivity contribution in [3.05, 3.63) is 0 Å². The quantitative estimate of drug-likeness (QED) is 0.0518. The molecular weight excluding hydrogens is 1950 g/mol. The van der Waals surface area contributed by atoms with Crippen LogP contribution in [0.1, 0.15) is 320 Å². The molecule has 21 aliphatic rings. The van der Waals surface area contributed by atoms with Crippen molar-refractivity contribution < 1.29 is 172 Å². The number of carbonyl (C=O) groups excluding carboxylic acids is 18. The van der Waals surface area contributed by atoms with Crippen molar-refractivity contribution in [2.75, 3.05) is 13.7 Å². The minimum Gasteiger partial charge on any atom is -0.469 e. The molecule has 834 valence electrons. The Morgan fingerprint density at radius 2 is 0.487 bits per heavy atom. The molecule has 0 aromatic rings. The van der Waals surface area contributed by atoms with E-state index < -0.39 is 200 Å². The van der Waals surface area contributed by atoms with Crippen LogP contribution in [0.3, 0.4) is 0 Å². The highest BCUT2D eigenvalue weighted by molar-refractivity contribution is 5.92. The first-order valence-corrected chi connectivity index (χ1v) is 56.0. The standard InChI is InChI=1S/2C21H30O6.C20H28O6.C19H28O6.C17H24O6.C16H22O6/c1-5-20(2,3)19(24)26-16-12-10-11-13(17(22)25-15(11)16)14(12)18(23)27-21(4)8-6-7-9-21;1-4-21(2,3)20(24)27-17-13-10-12-15(19(23)26-16(12)17)14(13)18(22)25-11-8-6-5-7-9-11;1-4-20(2,3)19(23)26-16-12-9-11-14(18(22)25-15(11)16)13(12)17(21)24-10-7-5-6-8-10;1-7-19(5,6)17(22)24-14-10-8-9-11(15(20)23-13(9)14)12(10)16(21)25-18(2,3)4;1-5-17(3,4)16(20)23-13-8-7-9-11(15(19)22-12(9)13)10(8)14(18)21-6-2;1-5-16(2,3)15(19)22-12-7-6-8-10(9(7)13(17)20-4)14(18)21-11(8)12/h11-16H,5-10H2,1-4H3;11-17H,4-10H2,1-3H3;10-16H,4-9H2,1-3H3;9-14H,7-8H2,1-6H3;8-13H,5-7H2,1-4H3;7-12H,5-6H2,1-4H3. The number of ether oxygens (including phenoxy) is 18.